The number of ether oxygens (including phenoxy) is 1. The summed E-state index contributed by atoms with van der Waals surface area (Å²) < 4.78 is 18.3. The summed E-state index contributed by atoms with van der Waals surface area (Å²) in [5, 5.41) is 2.53. The van der Waals surface area contributed by atoms with E-state index in [0.717, 1.165) is 4.90 Å². The zero-order valence-electron chi connectivity index (χ0n) is 15.2. The average molecular weight is 388 g/mol. The van der Waals surface area contributed by atoms with Crippen LogP contribution in [-0.4, -0.2) is 48.3 Å². The van der Waals surface area contributed by atoms with Crippen LogP contribution in [0.15, 0.2) is 36.4 Å². The molecule has 3 rings (SSSR count). The number of rotatable bonds is 7. The minimum Gasteiger partial charge on any atom is -0.454 e. The van der Waals surface area contributed by atoms with Crippen molar-refractivity contribution in [1.29, 1.82) is 0 Å². The number of fused-ring (bicyclic) bond motifs is 1. The van der Waals surface area contributed by atoms with Crippen LogP contribution in [0.3, 0.4) is 0 Å². The first-order chi connectivity index (χ1) is 13.5. The van der Waals surface area contributed by atoms with Crippen LogP contribution in [0, 0.1) is 17.7 Å². The number of nitrogens with one attached hydrogen (secondary N) is 1. The van der Waals surface area contributed by atoms with Crippen LogP contribution in [0.4, 0.5) is 4.39 Å². The van der Waals surface area contributed by atoms with E-state index < -0.39 is 36.9 Å². The van der Waals surface area contributed by atoms with E-state index in [1.54, 1.807) is 18.2 Å². The lowest BCUT2D eigenvalue weighted by molar-refractivity contribution is -0.154. The highest BCUT2D eigenvalue weighted by Crippen LogP contribution is 2.34. The van der Waals surface area contributed by atoms with Gasteiger partial charge in [-0.1, -0.05) is 30.4 Å². The molecule has 3 amide bonds. The quantitative estimate of drug-likeness (QED) is 0.427. The molecule has 8 heteroatoms. The summed E-state index contributed by atoms with van der Waals surface area (Å²) in [7, 11) is 0. The average Bonchev–Trinajstić information content (AvgIpc) is 2.93. The summed E-state index contributed by atoms with van der Waals surface area (Å²) in [5.41, 5.74) is 0.474. The first-order valence-electron chi connectivity index (χ1n) is 9.13. The number of nitrogens with zero attached hydrogens (tertiary/aromatic N) is 1. The Balaban J connectivity index is 1.39. The summed E-state index contributed by atoms with van der Waals surface area (Å²) in [6.45, 7) is -0.829. The van der Waals surface area contributed by atoms with Gasteiger partial charge in [-0.3, -0.25) is 24.1 Å². The van der Waals surface area contributed by atoms with E-state index >= 15 is 0 Å². The first kappa shape index (κ1) is 19.7. The molecule has 2 atom stereocenters. The number of benzene rings is 1. The van der Waals surface area contributed by atoms with Crippen molar-refractivity contribution in [2.45, 2.75) is 19.3 Å². The molecule has 1 fully saturated rings. The fourth-order valence-electron chi connectivity index (χ4n) is 3.43. The van der Waals surface area contributed by atoms with Gasteiger partial charge in [-0.05, 0) is 30.9 Å². The van der Waals surface area contributed by atoms with E-state index in [1.807, 2.05) is 12.2 Å². The molecule has 0 unspecified atom stereocenters. The third-order valence-corrected chi connectivity index (χ3v) is 4.92. The summed E-state index contributed by atoms with van der Waals surface area (Å²) in [6.07, 6.45) is 5.01. The standard InChI is InChI=1S/C20H21FN2O5/c21-16-8-4-1-5-13(16)9-10-22-17(24)12-28-18(25)11-23-19(26)14-6-2-3-7-15(14)20(23)27/h1-5,8,14-15H,6-7,9-12H2,(H,22,24)/t14-,15+. The number of allylic oxidation sites excluding steroid dienone is 2. The van der Waals surface area contributed by atoms with Crippen LogP contribution < -0.4 is 5.32 Å². The number of esters is 1. The van der Waals surface area contributed by atoms with E-state index in [4.69, 9.17) is 4.74 Å². The van der Waals surface area contributed by atoms with Gasteiger partial charge >= 0.3 is 5.97 Å². The Morgan fingerprint density at radius 3 is 2.39 bits per heavy atom. The molecule has 1 aliphatic carbocycles. The Labute approximate surface area is 161 Å². The largest absolute Gasteiger partial charge is 0.454 e. The van der Waals surface area contributed by atoms with E-state index in [9.17, 15) is 23.6 Å². The molecule has 1 heterocycles. The zero-order chi connectivity index (χ0) is 20.1. The Hall–Kier alpha value is -3.03. The van der Waals surface area contributed by atoms with Gasteiger partial charge in [0, 0.05) is 6.54 Å². The van der Waals surface area contributed by atoms with E-state index in [0.29, 0.717) is 24.8 Å². The maximum atomic E-state index is 13.5. The fraction of sp³-hybridized carbons (Fsp3) is 0.400. The van der Waals surface area contributed by atoms with Gasteiger partial charge in [0.2, 0.25) is 11.8 Å². The minimum atomic E-state index is -0.822. The number of amides is 3. The van der Waals surface area contributed by atoms with Crippen molar-refractivity contribution in [3.05, 3.63) is 47.8 Å². The van der Waals surface area contributed by atoms with Gasteiger partial charge in [-0.2, -0.15) is 0 Å². The van der Waals surface area contributed by atoms with Crippen molar-refractivity contribution >= 4 is 23.7 Å². The van der Waals surface area contributed by atoms with Gasteiger partial charge in [-0.25, -0.2) is 4.39 Å². The molecule has 1 aromatic rings. The third kappa shape index (κ3) is 4.44. The Morgan fingerprint density at radius 2 is 1.75 bits per heavy atom. The topological polar surface area (TPSA) is 92.8 Å². The fourth-order valence-corrected chi connectivity index (χ4v) is 3.43. The molecular weight excluding hydrogens is 367 g/mol. The number of hydrogen-bond acceptors (Lipinski definition) is 5. The van der Waals surface area contributed by atoms with Crippen LogP contribution in [0.2, 0.25) is 0 Å². The second-order valence-corrected chi connectivity index (χ2v) is 6.77. The molecule has 1 aliphatic heterocycles. The molecule has 2 aliphatic rings. The lowest BCUT2D eigenvalue weighted by Crippen LogP contribution is -2.38. The van der Waals surface area contributed by atoms with Gasteiger partial charge in [0.05, 0.1) is 11.8 Å². The second kappa shape index (κ2) is 8.77. The number of halogens is 1. The van der Waals surface area contributed by atoms with Gasteiger partial charge in [0.25, 0.3) is 5.91 Å². The van der Waals surface area contributed by atoms with Crippen LogP contribution in [0.1, 0.15) is 18.4 Å². The predicted molar refractivity (Wildman–Crippen MR) is 96.1 cm³/mol. The molecule has 0 spiro atoms. The third-order valence-electron chi connectivity index (χ3n) is 4.92. The van der Waals surface area contributed by atoms with Crippen molar-refractivity contribution in [2.75, 3.05) is 19.7 Å². The molecule has 28 heavy (non-hydrogen) atoms. The highest BCUT2D eigenvalue weighted by Gasteiger charge is 2.47. The molecule has 1 aromatic carbocycles. The number of imide groups is 1. The highest BCUT2D eigenvalue weighted by molar-refractivity contribution is 6.07. The highest BCUT2D eigenvalue weighted by atomic mass is 19.1. The smallest absolute Gasteiger partial charge is 0.326 e. The van der Waals surface area contributed by atoms with Crippen molar-refractivity contribution < 1.29 is 28.3 Å². The molecule has 0 saturated carbocycles. The second-order valence-electron chi connectivity index (χ2n) is 6.77. The predicted octanol–water partition coefficient (Wildman–Crippen LogP) is 0.979. The lowest BCUT2D eigenvalue weighted by Gasteiger charge is -2.14. The first-order valence-corrected chi connectivity index (χ1v) is 9.13. The lowest BCUT2D eigenvalue weighted by atomic mass is 9.85. The van der Waals surface area contributed by atoms with E-state index in [-0.39, 0.29) is 24.2 Å². The van der Waals surface area contributed by atoms with Gasteiger partial charge < -0.3 is 10.1 Å². The number of likely N-dealkylation sites (tertiary alicyclic amines) is 1. The van der Waals surface area contributed by atoms with Crippen molar-refractivity contribution in [3.63, 3.8) is 0 Å². The van der Waals surface area contributed by atoms with Crippen LogP contribution in [0.5, 0.6) is 0 Å². The molecule has 0 radical (unpaired) electrons. The van der Waals surface area contributed by atoms with Crippen molar-refractivity contribution in [2.24, 2.45) is 11.8 Å². The van der Waals surface area contributed by atoms with Crippen molar-refractivity contribution in [3.8, 4) is 0 Å². The summed E-state index contributed by atoms with van der Waals surface area (Å²) >= 11 is 0. The monoisotopic (exact) mass is 388 g/mol. The van der Waals surface area contributed by atoms with Crippen molar-refractivity contribution in [1.82, 2.24) is 10.2 Å². The Morgan fingerprint density at radius 1 is 1.11 bits per heavy atom. The number of carbonyl (C=O) groups excluding carboxylic acids is 4. The van der Waals surface area contributed by atoms with Crippen LogP contribution >= 0.6 is 0 Å². The maximum absolute atomic E-state index is 13.5. The molecule has 0 aromatic heterocycles. The summed E-state index contributed by atoms with van der Waals surface area (Å²) in [5.74, 6) is -3.27. The number of carbonyl (C=O) groups is 4. The maximum Gasteiger partial charge on any atom is 0.326 e. The van der Waals surface area contributed by atoms with Gasteiger partial charge in [-0.15, -0.1) is 0 Å². The van der Waals surface area contributed by atoms with Crippen LogP contribution in [-0.2, 0) is 30.3 Å². The summed E-state index contributed by atoms with van der Waals surface area (Å²) in [4.78, 5) is 49.2. The summed E-state index contributed by atoms with van der Waals surface area (Å²) in [6, 6.07) is 6.25. The van der Waals surface area contributed by atoms with Crippen LogP contribution in [0.25, 0.3) is 0 Å². The molecular formula is C20H21FN2O5. The van der Waals surface area contributed by atoms with E-state index in [1.165, 1.54) is 6.07 Å². The zero-order valence-corrected chi connectivity index (χ0v) is 15.2. The van der Waals surface area contributed by atoms with Gasteiger partial charge in [0.1, 0.15) is 12.4 Å². The molecule has 1 N–H and O–H groups in total. The molecule has 148 valence electrons. The van der Waals surface area contributed by atoms with Gasteiger partial charge in [0.15, 0.2) is 6.61 Å². The molecule has 7 nitrogen and oxygen atoms in total. The minimum absolute atomic E-state index is 0.191. The normalized spacial score (nSPS) is 20.8. The Kier molecular flexibility index (Phi) is 6.18. The number of hydrogen-bond donors (Lipinski definition) is 1. The molecule has 0 bridgehead atoms. The Bertz CT molecular complexity index is 797. The SMILES string of the molecule is O=C(COC(=O)CN1C(=O)[C@H]2CC=CC[C@H]2C1=O)NCCc1ccccc1F. The van der Waals surface area contributed by atoms with E-state index in [2.05, 4.69) is 5.32 Å². The molecule has 1 saturated heterocycles.